The molecule has 0 saturated carbocycles. The van der Waals surface area contributed by atoms with Gasteiger partial charge < -0.3 is 15.2 Å². The van der Waals surface area contributed by atoms with Gasteiger partial charge in [-0.05, 0) is 27.6 Å². The Morgan fingerprint density at radius 1 is 1.53 bits per heavy atom. The van der Waals surface area contributed by atoms with E-state index >= 15 is 0 Å². The molecule has 0 aromatic heterocycles. The van der Waals surface area contributed by atoms with Crippen molar-refractivity contribution in [3.8, 4) is 0 Å². The van der Waals surface area contributed by atoms with Crippen LogP contribution in [0.25, 0.3) is 0 Å². The smallest absolute Gasteiger partial charge is 0.137 e. The molecule has 3 nitrogen and oxygen atoms in total. The SMILES string of the molecule is COCCNCC(O)Cc1cccc(F)c1Br. The first-order valence-corrected chi connectivity index (χ1v) is 6.25. The predicted octanol–water partition coefficient (Wildman–Crippen LogP) is 1.73. The number of hydrogen-bond acceptors (Lipinski definition) is 3. The minimum absolute atomic E-state index is 0.304. The molecule has 0 aliphatic heterocycles. The lowest BCUT2D eigenvalue weighted by Gasteiger charge is -2.13. The zero-order valence-electron chi connectivity index (χ0n) is 9.75. The second-order valence-corrected chi connectivity index (χ2v) is 4.56. The summed E-state index contributed by atoms with van der Waals surface area (Å²) in [7, 11) is 1.63. The van der Waals surface area contributed by atoms with Gasteiger partial charge in [-0.1, -0.05) is 12.1 Å². The van der Waals surface area contributed by atoms with Crippen LogP contribution in [-0.2, 0) is 11.2 Å². The number of aliphatic hydroxyl groups excluding tert-OH is 1. The van der Waals surface area contributed by atoms with E-state index in [2.05, 4.69) is 21.2 Å². The van der Waals surface area contributed by atoms with Crippen molar-refractivity contribution < 1.29 is 14.2 Å². The van der Waals surface area contributed by atoms with Crippen molar-refractivity contribution in [2.24, 2.45) is 0 Å². The fraction of sp³-hybridized carbons (Fsp3) is 0.500. The Labute approximate surface area is 109 Å². The maximum absolute atomic E-state index is 13.2. The number of aliphatic hydroxyl groups is 1. The summed E-state index contributed by atoms with van der Waals surface area (Å²) in [6.45, 7) is 1.76. The Morgan fingerprint density at radius 2 is 2.29 bits per heavy atom. The largest absolute Gasteiger partial charge is 0.391 e. The summed E-state index contributed by atoms with van der Waals surface area (Å²) in [4.78, 5) is 0. The molecular weight excluding hydrogens is 289 g/mol. The first-order valence-electron chi connectivity index (χ1n) is 5.45. The molecule has 0 aliphatic carbocycles. The molecule has 2 N–H and O–H groups in total. The number of hydrogen-bond donors (Lipinski definition) is 2. The molecule has 0 fully saturated rings. The average molecular weight is 306 g/mol. The lowest BCUT2D eigenvalue weighted by atomic mass is 10.1. The van der Waals surface area contributed by atoms with Crippen molar-refractivity contribution in [2.45, 2.75) is 12.5 Å². The lowest BCUT2D eigenvalue weighted by molar-refractivity contribution is 0.159. The highest BCUT2D eigenvalue weighted by atomic mass is 79.9. The third kappa shape index (κ3) is 5.12. The molecule has 0 radical (unpaired) electrons. The highest BCUT2D eigenvalue weighted by Gasteiger charge is 2.10. The summed E-state index contributed by atoms with van der Waals surface area (Å²) in [6.07, 6.45) is -0.122. The van der Waals surface area contributed by atoms with Gasteiger partial charge in [-0.2, -0.15) is 0 Å². The van der Waals surface area contributed by atoms with Crippen LogP contribution in [-0.4, -0.2) is 38.0 Å². The predicted molar refractivity (Wildman–Crippen MR) is 68.6 cm³/mol. The third-order valence-electron chi connectivity index (χ3n) is 2.35. The van der Waals surface area contributed by atoms with E-state index in [1.165, 1.54) is 6.07 Å². The number of rotatable bonds is 7. The van der Waals surface area contributed by atoms with Gasteiger partial charge in [0.2, 0.25) is 0 Å². The average Bonchev–Trinajstić information content (AvgIpc) is 2.31. The maximum atomic E-state index is 13.2. The summed E-state index contributed by atoms with van der Waals surface area (Å²) in [5, 5.41) is 12.8. The van der Waals surface area contributed by atoms with E-state index in [4.69, 9.17) is 4.74 Å². The highest BCUT2D eigenvalue weighted by Crippen LogP contribution is 2.21. The van der Waals surface area contributed by atoms with E-state index in [9.17, 15) is 9.50 Å². The fourth-order valence-electron chi connectivity index (χ4n) is 1.48. The van der Waals surface area contributed by atoms with Crippen LogP contribution in [0, 0.1) is 5.82 Å². The van der Waals surface area contributed by atoms with E-state index in [1.54, 1.807) is 19.2 Å². The molecule has 0 spiro atoms. The van der Waals surface area contributed by atoms with Crippen LogP contribution in [0.3, 0.4) is 0 Å². The van der Waals surface area contributed by atoms with Gasteiger partial charge in [0.15, 0.2) is 0 Å². The zero-order chi connectivity index (χ0) is 12.7. The van der Waals surface area contributed by atoms with Crippen molar-refractivity contribution in [3.05, 3.63) is 34.1 Å². The molecule has 0 bridgehead atoms. The van der Waals surface area contributed by atoms with Gasteiger partial charge in [0, 0.05) is 26.6 Å². The molecule has 0 aliphatic rings. The fourth-order valence-corrected chi connectivity index (χ4v) is 1.90. The highest BCUT2D eigenvalue weighted by molar-refractivity contribution is 9.10. The van der Waals surface area contributed by atoms with Crippen LogP contribution in [0.15, 0.2) is 22.7 Å². The van der Waals surface area contributed by atoms with Crippen LogP contribution in [0.2, 0.25) is 0 Å². The second-order valence-electron chi connectivity index (χ2n) is 3.77. The summed E-state index contributed by atoms with van der Waals surface area (Å²) in [6, 6.07) is 4.82. The molecule has 1 unspecified atom stereocenters. The first kappa shape index (κ1) is 14.6. The van der Waals surface area contributed by atoms with Gasteiger partial charge in [0.25, 0.3) is 0 Å². The number of halogens is 2. The van der Waals surface area contributed by atoms with Crippen LogP contribution in [0.1, 0.15) is 5.56 Å². The third-order valence-corrected chi connectivity index (χ3v) is 3.24. The maximum Gasteiger partial charge on any atom is 0.137 e. The molecular formula is C12H17BrFNO2. The minimum atomic E-state index is -0.537. The van der Waals surface area contributed by atoms with Gasteiger partial charge in [0.1, 0.15) is 5.82 Å². The molecule has 1 atom stereocenters. The normalized spacial score (nSPS) is 12.7. The number of benzene rings is 1. The summed E-state index contributed by atoms with van der Waals surface area (Å²) in [5.41, 5.74) is 0.769. The van der Waals surface area contributed by atoms with Gasteiger partial charge in [-0.25, -0.2) is 4.39 Å². The molecule has 0 amide bonds. The van der Waals surface area contributed by atoms with E-state index in [1.807, 2.05) is 0 Å². The molecule has 0 heterocycles. The second kappa shape index (κ2) is 7.76. The van der Waals surface area contributed by atoms with Crippen molar-refractivity contribution in [2.75, 3.05) is 26.8 Å². The quantitative estimate of drug-likeness (QED) is 0.754. The van der Waals surface area contributed by atoms with E-state index in [-0.39, 0.29) is 5.82 Å². The van der Waals surface area contributed by atoms with Crippen molar-refractivity contribution in [1.29, 1.82) is 0 Å². The monoisotopic (exact) mass is 305 g/mol. The van der Waals surface area contributed by atoms with Gasteiger partial charge in [-0.15, -0.1) is 0 Å². The molecule has 17 heavy (non-hydrogen) atoms. The van der Waals surface area contributed by atoms with Crippen LogP contribution in [0.4, 0.5) is 4.39 Å². The summed E-state index contributed by atoms with van der Waals surface area (Å²) in [5.74, 6) is -0.304. The van der Waals surface area contributed by atoms with E-state index in [0.717, 1.165) is 5.56 Å². The number of ether oxygens (including phenoxy) is 1. The Hall–Kier alpha value is -0.490. The van der Waals surface area contributed by atoms with Crippen LogP contribution in [0.5, 0.6) is 0 Å². The molecule has 0 saturated heterocycles. The van der Waals surface area contributed by atoms with Crippen LogP contribution >= 0.6 is 15.9 Å². The standard InChI is InChI=1S/C12H17BrFNO2/c1-17-6-5-15-8-10(16)7-9-3-2-4-11(14)12(9)13/h2-4,10,15-16H,5-8H2,1H3. The summed E-state index contributed by atoms with van der Waals surface area (Å²) >= 11 is 3.18. The first-order chi connectivity index (χ1) is 8.15. The Kier molecular flexibility index (Phi) is 6.65. The molecule has 1 aromatic rings. The lowest BCUT2D eigenvalue weighted by Crippen LogP contribution is -2.30. The molecule has 1 aromatic carbocycles. The Morgan fingerprint density at radius 3 is 3.00 bits per heavy atom. The zero-order valence-corrected chi connectivity index (χ0v) is 11.3. The topological polar surface area (TPSA) is 41.5 Å². The summed E-state index contributed by atoms with van der Waals surface area (Å²) < 4.78 is 18.5. The number of methoxy groups -OCH3 is 1. The van der Waals surface area contributed by atoms with Crippen molar-refractivity contribution in [1.82, 2.24) is 5.32 Å². The van der Waals surface area contributed by atoms with Crippen LogP contribution < -0.4 is 5.32 Å². The number of nitrogens with one attached hydrogen (secondary N) is 1. The van der Waals surface area contributed by atoms with E-state index < -0.39 is 6.10 Å². The minimum Gasteiger partial charge on any atom is -0.391 e. The molecule has 1 rings (SSSR count). The van der Waals surface area contributed by atoms with Crippen molar-refractivity contribution in [3.63, 3.8) is 0 Å². The Bertz CT molecular complexity index is 349. The van der Waals surface area contributed by atoms with Gasteiger partial charge >= 0.3 is 0 Å². The van der Waals surface area contributed by atoms with Gasteiger partial charge in [0.05, 0.1) is 17.2 Å². The molecule has 96 valence electrons. The Balaban J connectivity index is 2.39. The van der Waals surface area contributed by atoms with Gasteiger partial charge in [-0.3, -0.25) is 0 Å². The molecule has 5 heteroatoms. The van der Waals surface area contributed by atoms with Crippen molar-refractivity contribution >= 4 is 15.9 Å². The van der Waals surface area contributed by atoms with E-state index in [0.29, 0.717) is 30.6 Å².